The normalized spacial score (nSPS) is 18.5. The molecule has 0 bridgehead atoms. The predicted molar refractivity (Wildman–Crippen MR) is 79.0 cm³/mol. The minimum Gasteiger partial charge on any atom is -0.310 e. The van der Waals surface area contributed by atoms with E-state index in [2.05, 4.69) is 12.2 Å². The lowest BCUT2D eigenvalue weighted by atomic mass is 9.81. The van der Waals surface area contributed by atoms with Crippen molar-refractivity contribution in [2.75, 3.05) is 6.54 Å². The van der Waals surface area contributed by atoms with Gasteiger partial charge in [0.2, 0.25) is 0 Å². The van der Waals surface area contributed by atoms with Crippen LogP contribution in [0.3, 0.4) is 0 Å². The molecule has 0 radical (unpaired) electrons. The van der Waals surface area contributed by atoms with E-state index in [4.69, 9.17) is 11.6 Å². The highest BCUT2D eigenvalue weighted by Crippen LogP contribution is 2.36. The zero-order valence-electron chi connectivity index (χ0n) is 11.6. The van der Waals surface area contributed by atoms with E-state index in [9.17, 15) is 4.39 Å². The molecule has 0 aromatic heterocycles. The first-order chi connectivity index (χ1) is 9.22. The molecule has 3 heteroatoms. The molecule has 1 nitrogen and oxygen atoms in total. The van der Waals surface area contributed by atoms with Gasteiger partial charge in [-0.3, -0.25) is 0 Å². The molecular weight excluding hydrogens is 261 g/mol. The molecule has 0 aliphatic heterocycles. The average Bonchev–Trinajstić information content (AvgIpc) is 2.44. The second kappa shape index (κ2) is 7.25. The van der Waals surface area contributed by atoms with Crippen LogP contribution in [0.15, 0.2) is 18.2 Å². The quantitative estimate of drug-likeness (QED) is 0.793. The van der Waals surface area contributed by atoms with Crippen LogP contribution in [0.1, 0.15) is 57.1 Å². The summed E-state index contributed by atoms with van der Waals surface area (Å²) in [5.41, 5.74) is 0.743. The Morgan fingerprint density at radius 1 is 1.32 bits per heavy atom. The third-order valence-corrected chi connectivity index (χ3v) is 4.26. The fourth-order valence-corrected chi connectivity index (χ4v) is 3.23. The first-order valence-corrected chi connectivity index (χ1v) is 7.78. The van der Waals surface area contributed by atoms with Gasteiger partial charge in [0.25, 0.3) is 0 Å². The van der Waals surface area contributed by atoms with Crippen LogP contribution in [0.5, 0.6) is 0 Å². The van der Waals surface area contributed by atoms with E-state index in [1.165, 1.54) is 38.2 Å². The Bertz CT molecular complexity index is 402. The molecule has 1 unspecified atom stereocenters. The maximum Gasteiger partial charge on any atom is 0.128 e. The summed E-state index contributed by atoms with van der Waals surface area (Å²) >= 11 is 6.04. The van der Waals surface area contributed by atoms with Gasteiger partial charge in [0.15, 0.2) is 0 Å². The Hall–Kier alpha value is -0.600. The molecule has 1 fully saturated rings. The summed E-state index contributed by atoms with van der Waals surface area (Å²) in [6.07, 6.45) is 7.27. The summed E-state index contributed by atoms with van der Waals surface area (Å²) in [5.74, 6) is 0.400. The lowest BCUT2D eigenvalue weighted by molar-refractivity contribution is 0.267. The molecule has 19 heavy (non-hydrogen) atoms. The number of hydrogen-bond donors (Lipinski definition) is 1. The lowest BCUT2D eigenvalue weighted by Crippen LogP contribution is -2.31. The summed E-state index contributed by atoms with van der Waals surface area (Å²) in [4.78, 5) is 0. The minimum absolute atomic E-state index is 0.110. The fourth-order valence-electron chi connectivity index (χ4n) is 3.05. The molecule has 1 atom stereocenters. The summed E-state index contributed by atoms with van der Waals surface area (Å²) in [7, 11) is 0. The van der Waals surface area contributed by atoms with Gasteiger partial charge in [-0.15, -0.1) is 0 Å². The summed E-state index contributed by atoms with van der Waals surface area (Å²) < 4.78 is 14.1. The smallest absolute Gasteiger partial charge is 0.128 e. The maximum atomic E-state index is 14.1. The number of nitrogens with one attached hydrogen (secondary N) is 1. The van der Waals surface area contributed by atoms with Crippen LogP contribution in [-0.4, -0.2) is 6.54 Å². The van der Waals surface area contributed by atoms with E-state index in [1.54, 1.807) is 12.1 Å². The molecule has 106 valence electrons. The van der Waals surface area contributed by atoms with Crippen molar-refractivity contribution in [2.45, 2.75) is 51.5 Å². The topological polar surface area (TPSA) is 12.0 Å². The average molecular weight is 284 g/mol. The summed E-state index contributed by atoms with van der Waals surface area (Å²) in [5, 5.41) is 4.15. The van der Waals surface area contributed by atoms with Crippen molar-refractivity contribution in [3.8, 4) is 0 Å². The van der Waals surface area contributed by atoms with E-state index >= 15 is 0 Å². The van der Waals surface area contributed by atoms with Crippen LogP contribution in [0.25, 0.3) is 0 Å². The van der Waals surface area contributed by atoms with Gasteiger partial charge in [0.1, 0.15) is 5.82 Å². The van der Waals surface area contributed by atoms with Crippen LogP contribution < -0.4 is 5.32 Å². The van der Waals surface area contributed by atoms with Gasteiger partial charge in [-0.2, -0.15) is 0 Å². The number of benzene rings is 1. The van der Waals surface area contributed by atoms with E-state index in [-0.39, 0.29) is 11.9 Å². The number of halogens is 2. The first-order valence-electron chi connectivity index (χ1n) is 7.40. The Morgan fingerprint density at radius 2 is 2.05 bits per heavy atom. The monoisotopic (exact) mass is 283 g/mol. The standard InChI is InChI=1S/C16H23ClFN/c1-2-10-19-16(12-6-4-3-5-7-12)14-11-13(17)8-9-15(14)18/h8-9,11-12,16,19H,2-7,10H2,1H3. The molecule has 1 N–H and O–H groups in total. The van der Waals surface area contributed by atoms with E-state index in [0.29, 0.717) is 10.9 Å². The molecule has 0 heterocycles. The van der Waals surface area contributed by atoms with Crippen molar-refractivity contribution in [2.24, 2.45) is 5.92 Å². The van der Waals surface area contributed by atoms with E-state index in [0.717, 1.165) is 18.5 Å². The maximum absolute atomic E-state index is 14.1. The predicted octanol–water partition coefficient (Wildman–Crippen LogP) is 5.10. The zero-order valence-corrected chi connectivity index (χ0v) is 12.3. The highest BCUT2D eigenvalue weighted by molar-refractivity contribution is 6.30. The number of rotatable bonds is 5. The SMILES string of the molecule is CCCNC(c1cc(Cl)ccc1F)C1CCCCC1. The highest BCUT2D eigenvalue weighted by atomic mass is 35.5. The lowest BCUT2D eigenvalue weighted by Gasteiger charge is -2.31. The molecular formula is C16H23ClFN. The van der Waals surface area contributed by atoms with Crippen molar-refractivity contribution in [1.29, 1.82) is 0 Å². The van der Waals surface area contributed by atoms with Crippen molar-refractivity contribution in [3.63, 3.8) is 0 Å². The van der Waals surface area contributed by atoms with Gasteiger partial charge in [-0.25, -0.2) is 4.39 Å². The second-order valence-electron chi connectivity index (χ2n) is 5.50. The van der Waals surface area contributed by atoms with Gasteiger partial charge < -0.3 is 5.32 Å². The van der Waals surface area contributed by atoms with Crippen LogP contribution in [0.2, 0.25) is 5.02 Å². The van der Waals surface area contributed by atoms with Gasteiger partial charge in [-0.1, -0.05) is 37.8 Å². The van der Waals surface area contributed by atoms with E-state index in [1.807, 2.05) is 0 Å². The van der Waals surface area contributed by atoms with Crippen molar-refractivity contribution < 1.29 is 4.39 Å². The minimum atomic E-state index is -0.136. The molecule has 1 aliphatic rings. The van der Waals surface area contributed by atoms with Gasteiger partial charge in [0.05, 0.1) is 0 Å². The van der Waals surface area contributed by atoms with Crippen molar-refractivity contribution >= 4 is 11.6 Å². The van der Waals surface area contributed by atoms with Crippen LogP contribution in [0.4, 0.5) is 4.39 Å². The van der Waals surface area contributed by atoms with Gasteiger partial charge >= 0.3 is 0 Å². The fraction of sp³-hybridized carbons (Fsp3) is 0.625. The highest BCUT2D eigenvalue weighted by Gasteiger charge is 2.26. The summed E-state index contributed by atoms with van der Waals surface area (Å²) in [6, 6.07) is 5.01. The van der Waals surface area contributed by atoms with Crippen molar-refractivity contribution in [3.05, 3.63) is 34.6 Å². The van der Waals surface area contributed by atoms with E-state index < -0.39 is 0 Å². The first kappa shape index (κ1) is 14.8. The third-order valence-electron chi connectivity index (χ3n) is 4.03. The molecule has 0 spiro atoms. The molecule has 0 amide bonds. The Kier molecular flexibility index (Phi) is 5.65. The van der Waals surface area contributed by atoms with Crippen molar-refractivity contribution in [1.82, 2.24) is 5.32 Å². The van der Waals surface area contributed by atoms with Crippen LogP contribution in [-0.2, 0) is 0 Å². The Labute approximate surface area is 120 Å². The van der Waals surface area contributed by atoms with Crippen LogP contribution >= 0.6 is 11.6 Å². The van der Waals surface area contributed by atoms with Gasteiger partial charge in [-0.05, 0) is 49.9 Å². The van der Waals surface area contributed by atoms with Gasteiger partial charge in [0, 0.05) is 16.6 Å². The zero-order chi connectivity index (χ0) is 13.7. The summed E-state index contributed by atoms with van der Waals surface area (Å²) in [6.45, 7) is 3.06. The number of hydrogen-bond acceptors (Lipinski definition) is 1. The Balaban J connectivity index is 2.22. The Morgan fingerprint density at radius 3 is 2.74 bits per heavy atom. The third kappa shape index (κ3) is 3.93. The molecule has 1 aromatic rings. The second-order valence-corrected chi connectivity index (χ2v) is 5.93. The largest absolute Gasteiger partial charge is 0.310 e. The molecule has 2 rings (SSSR count). The molecule has 0 saturated heterocycles. The molecule has 1 aromatic carbocycles. The van der Waals surface area contributed by atoms with Crippen LogP contribution in [0, 0.1) is 11.7 Å². The molecule has 1 aliphatic carbocycles. The molecule has 1 saturated carbocycles.